The molecule has 4 aromatic rings. The molecule has 0 atom stereocenters. The maximum Gasteiger partial charge on any atom is 0.207 e. The first-order valence-electron chi connectivity index (χ1n) is 9.53. The van der Waals surface area contributed by atoms with Crippen molar-refractivity contribution in [2.75, 3.05) is 0 Å². The van der Waals surface area contributed by atoms with E-state index < -0.39 is 19.7 Å². The fourth-order valence-corrected chi connectivity index (χ4v) is 9.13. The van der Waals surface area contributed by atoms with Gasteiger partial charge in [0, 0.05) is 9.79 Å². The number of rotatable bonds is 7. The van der Waals surface area contributed by atoms with Crippen molar-refractivity contribution in [2.24, 2.45) is 0 Å². The second-order valence-corrected chi connectivity index (χ2v) is 12.7. The van der Waals surface area contributed by atoms with E-state index in [2.05, 4.69) is 0 Å². The summed E-state index contributed by atoms with van der Waals surface area (Å²) in [4.78, 5) is 1.87. The summed E-state index contributed by atoms with van der Waals surface area (Å²) in [6.45, 7) is 0. The van der Waals surface area contributed by atoms with Crippen molar-refractivity contribution in [3.63, 3.8) is 0 Å². The molecule has 0 heterocycles. The van der Waals surface area contributed by atoms with Gasteiger partial charge in [0.05, 0.1) is 19.6 Å². The molecule has 32 heavy (non-hydrogen) atoms. The number of benzene rings is 4. The maximum absolute atomic E-state index is 13.2. The second kappa shape index (κ2) is 9.54. The van der Waals surface area contributed by atoms with Gasteiger partial charge < -0.3 is 0 Å². The normalized spacial score (nSPS) is 11.9. The van der Waals surface area contributed by atoms with Crippen molar-refractivity contribution in [1.29, 1.82) is 0 Å². The summed E-state index contributed by atoms with van der Waals surface area (Å²) >= 11 is 0. The molecule has 0 amide bonds. The van der Waals surface area contributed by atoms with Crippen molar-refractivity contribution in [3.8, 4) is 0 Å². The first-order chi connectivity index (χ1) is 15.4. The zero-order chi connectivity index (χ0) is 22.6. The SMILES string of the molecule is O=S(=O)(c1ccccc1)c1ccccc1SSc1ccccc1S(=O)(=O)c1ccccc1. The molecule has 162 valence electrons. The molecule has 0 spiro atoms. The van der Waals surface area contributed by atoms with E-state index in [1.165, 1.54) is 21.6 Å². The Hall–Kier alpha value is -2.52. The number of hydrogen-bond acceptors (Lipinski definition) is 6. The van der Waals surface area contributed by atoms with Crippen LogP contribution in [-0.2, 0) is 19.7 Å². The predicted octanol–water partition coefficient (Wildman–Crippen LogP) is 6.15. The fourth-order valence-electron chi connectivity index (χ4n) is 3.03. The van der Waals surface area contributed by atoms with E-state index in [9.17, 15) is 16.8 Å². The van der Waals surface area contributed by atoms with Gasteiger partial charge in [0.25, 0.3) is 0 Å². The summed E-state index contributed by atoms with van der Waals surface area (Å²) in [6, 6.07) is 30.0. The highest BCUT2D eigenvalue weighted by atomic mass is 33.1. The molecule has 0 fully saturated rings. The highest BCUT2D eigenvalue weighted by Gasteiger charge is 2.24. The molecule has 0 bridgehead atoms. The van der Waals surface area contributed by atoms with Crippen LogP contribution in [-0.4, -0.2) is 16.8 Å². The summed E-state index contributed by atoms with van der Waals surface area (Å²) < 4.78 is 52.6. The lowest BCUT2D eigenvalue weighted by atomic mass is 10.4. The minimum atomic E-state index is -3.71. The largest absolute Gasteiger partial charge is 0.218 e. The lowest BCUT2D eigenvalue weighted by Gasteiger charge is -2.12. The molecule has 0 aliphatic carbocycles. The van der Waals surface area contributed by atoms with Gasteiger partial charge in [-0.1, -0.05) is 82.3 Å². The number of hydrogen-bond donors (Lipinski definition) is 0. The topological polar surface area (TPSA) is 68.3 Å². The zero-order valence-electron chi connectivity index (χ0n) is 16.7. The highest BCUT2D eigenvalue weighted by Crippen LogP contribution is 2.44. The van der Waals surface area contributed by atoms with Crippen molar-refractivity contribution in [3.05, 3.63) is 109 Å². The fraction of sp³-hybridized carbons (Fsp3) is 0. The Labute approximate surface area is 195 Å². The summed E-state index contributed by atoms with van der Waals surface area (Å²) in [6.07, 6.45) is 0. The molecule has 0 aliphatic heterocycles. The molecule has 8 heteroatoms. The van der Waals surface area contributed by atoms with Gasteiger partial charge in [0.1, 0.15) is 0 Å². The molecule has 0 saturated carbocycles. The van der Waals surface area contributed by atoms with E-state index in [-0.39, 0.29) is 19.6 Å². The Morgan fingerprint density at radius 3 is 1.09 bits per heavy atom. The quantitative estimate of drug-likeness (QED) is 0.285. The average Bonchev–Trinajstić information content (AvgIpc) is 2.84. The maximum atomic E-state index is 13.2. The summed E-state index contributed by atoms with van der Waals surface area (Å²) in [7, 11) is -4.98. The Kier molecular flexibility index (Phi) is 6.76. The second-order valence-electron chi connectivity index (χ2n) is 6.69. The predicted molar refractivity (Wildman–Crippen MR) is 128 cm³/mol. The van der Waals surface area contributed by atoms with Crippen molar-refractivity contribution < 1.29 is 16.8 Å². The van der Waals surface area contributed by atoms with E-state index in [0.29, 0.717) is 9.79 Å². The number of sulfone groups is 2. The molecule has 0 aromatic heterocycles. The van der Waals surface area contributed by atoms with Crippen LogP contribution in [0.25, 0.3) is 0 Å². The van der Waals surface area contributed by atoms with Crippen LogP contribution in [0, 0.1) is 0 Å². The third kappa shape index (κ3) is 4.63. The molecule has 0 aliphatic rings. The van der Waals surface area contributed by atoms with E-state index >= 15 is 0 Å². The van der Waals surface area contributed by atoms with Crippen LogP contribution in [0.4, 0.5) is 0 Å². The van der Waals surface area contributed by atoms with Crippen LogP contribution < -0.4 is 0 Å². The van der Waals surface area contributed by atoms with Gasteiger partial charge in [-0.25, -0.2) is 16.8 Å². The van der Waals surface area contributed by atoms with Crippen LogP contribution in [0.2, 0.25) is 0 Å². The van der Waals surface area contributed by atoms with Gasteiger partial charge in [-0.3, -0.25) is 0 Å². The van der Waals surface area contributed by atoms with Gasteiger partial charge in [0.15, 0.2) is 0 Å². The van der Waals surface area contributed by atoms with Gasteiger partial charge >= 0.3 is 0 Å². The minimum absolute atomic E-state index is 0.187. The first-order valence-corrected chi connectivity index (χ1v) is 14.7. The van der Waals surface area contributed by atoms with Crippen molar-refractivity contribution >= 4 is 41.3 Å². The Balaban J connectivity index is 1.68. The van der Waals surface area contributed by atoms with Gasteiger partial charge in [-0.05, 0) is 48.5 Å². The standard InChI is InChI=1S/C24H18O4S4/c25-31(26,19-11-3-1-4-12-19)23-17-9-7-15-21(23)29-30-22-16-8-10-18-24(22)32(27,28)20-13-5-2-6-14-20/h1-18H. The lowest BCUT2D eigenvalue weighted by Crippen LogP contribution is -2.03. The van der Waals surface area contributed by atoms with Crippen LogP contribution in [0.15, 0.2) is 139 Å². The Bertz CT molecular complexity index is 1320. The average molecular weight is 499 g/mol. The van der Waals surface area contributed by atoms with E-state index in [4.69, 9.17) is 0 Å². The Morgan fingerprint density at radius 2 is 0.719 bits per heavy atom. The highest BCUT2D eigenvalue weighted by molar-refractivity contribution is 8.76. The van der Waals surface area contributed by atoms with E-state index in [1.807, 2.05) is 0 Å². The van der Waals surface area contributed by atoms with Gasteiger partial charge in [-0.2, -0.15) is 0 Å². The molecular formula is C24H18O4S4. The van der Waals surface area contributed by atoms with Crippen LogP contribution in [0.5, 0.6) is 0 Å². The summed E-state index contributed by atoms with van der Waals surface area (Å²) in [5.74, 6) is 0. The third-order valence-corrected chi connectivity index (χ3v) is 11.0. The molecule has 0 unspecified atom stereocenters. The smallest absolute Gasteiger partial charge is 0.207 e. The minimum Gasteiger partial charge on any atom is -0.218 e. The van der Waals surface area contributed by atoms with Gasteiger partial charge in [0.2, 0.25) is 19.7 Å². The van der Waals surface area contributed by atoms with Crippen LogP contribution in [0.3, 0.4) is 0 Å². The molecule has 0 N–H and O–H groups in total. The van der Waals surface area contributed by atoms with Crippen LogP contribution >= 0.6 is 21.6 Å². The summed E-state index contributed by atoms with van der Waals surface area (Å²) in [5.41, 5.74) is 0. The monoisotopic (exact) mass is 498 g/mol. The first kappa shape index (κ1) is 22.7. The lowest BCUT2D eigenvalue weighted by molar-refractivity contribution is 0.592. The van der Waals surface area contributed by atoms with E-state index in [0.717, 1.165) is 0 Å². The molecule has 4 rings (SSSR count). The molecule has 4 aromatic carbocycles. The molecule has 4 nitrogen and oxygen atoms in total. The molecule has 0 saturated heterocycles. The molecular weight excluding hydrogens is 481 g/mol. The molecule has 0 radical (unpaired) electrons. The van der Waals surface area contributed by atoms with Crippen LogP contribution in [0.1, 0.15) is 0 Å². The van der Waals surface area contributed by atoms with Crippen molar-refractivity contribution in [2.45, 2.75) is 29.4 Å². The Morgan fingerprint density at radius 1 is 0.406 bits per heavy atom. The third-order valence-electron chi connectivity index (χ3n) is 4.61. The zero-order valence-corrected chi connectivity index (χ0v) is 19.9. The van der Waals surface area contributed by atoms with Gasteiger partial charge in [-0.15, -0.1) is 0 Å². The summed E-state index contributed by atoms with van der Waals surface area (Å²) in [5, 5.41) is 0. The van der Waals surface area contributed by atoms with Crippen molar-refractivity contribution in [1.82, 2.24) is 0 Å². The van der Waals surface area contributed by atoms with E-state index in [1.54, 1.807) is 109 Å².